The zero-order valence-electron chi connectivity index (χ0n) is 12.9. The van der Waals surface area contributed by atoms with E-state index in [1.807, 2.05) is 38.1 Å². The summed E-state index contributed by atoms with van der Waals surface area (Å²) in [5, 5.41) is 2.37. The molecule has 0 unspecified atom stereocenters. The van der Waals surface area contributed by atoms with E-state index in [0.717, 1.165) is 32.0 Å². The third kappa shape index (κ3) is 2.38. The first-order chi connectivity index (χ1) is 11.4. The quantitative estimate of drug-likeness (QED) is 0.353. The topological polar surface area (TPSA) is 43.4 Å². The number of rotatable bonds is 1. The Morgan fingerprint density at radius 1 is 0.958 bits per heavy atom. The van der Waals surface area contributed by atoms with Crippen LogP contribution in [0.15, 0.2) is 54.5 Å². The van der Waals surface area contributed by atoms with Gasteiger partial charge in [0.25, 0.3) is 0 Å². The Kier molecular flexibility index (Phi) is 3.55. The molecule has 0 aliphatic heterocycles. The van der Waals surface area contributed by atoms with Crippen molar-refractivity contribution in [3.63, 3.8) is 0 Å². The molecule has 0 spiro atoms. The van der Waals surface area contributed by atoms with Gasteiger partial charge in [-0.25, -0.2) is 4.79 Å². The molecule has 0 aliphatic rings. The molecule has 2 heterocycles. The highest BCUT2D eigenvalue weighted by Crippen LogP contribution is 2.38. The van der Waals surface area contributed by atoms with Crippen molar-refractivity contribution >= 4 is 49.5 Å². The molecule has 120 valence electrons. The van der Waals surface area contributed by atoms with Crippen LogP contribution in [0.5, 0.6) is 0 Å². The molecule has 0 radical (unpaired) electrons. The number of halogens is 2. The third-order valence-corrected chi connectivity index (χ3v) is 5.07. The van der Waals surface area contributed by atoms with E-state index in [2.05, 4.69) is 15.9 Å². The van der Waals surface area contributed by atoms with E-state index < -0.39 is 5.63 Å². The zero-order chi connectivity index (χ0) is 17.0. The molecule has 0 amide bonds. The van der Waals surface area contributed by atoms with E-state index in [1.54, 1.807) is 6.07 Å². The first-order valence-electron chi connectivity index (χ1n) is 7.37. The molecule has 3 nitrogen and oxygen atoms in total. The Morgan fingerprint density at radius 3 is 2.54 bits per heavy atom. The van der Waals surface area contributed by atoms with E-state index >= 15 is 0 Å². The summed E-state index contributed by atoms with van der Waals surface area (Å²) in [5.41, 5.74) is 3.36. The second-order valence-corrected chi connectivity index (χ2v) is 7.10. The maximum absolute atomic E-state index is 12.0. The largest absolute Gasteiger partial charge is 0.456 e. The standard InChI is InChI=1S/C19H12BrClO3/c1-9-5-17-13(7-15(9)21)14(8-18(22)23-17)19-10(2)12-6-11(20)3-4-16(12)24-19/h3-8H,1-2H3. The highest BCUT2D eigenvalue weighted by molar-refractivity contribution is 9.10. The number of hydrogen-bond donors (Lipinski definition) is 0. The minimum Gasteiger partial charge on any atom is -0.456 e. The normalized spacial score (nSPS) is 11.5. The van der Waals surface area contributed by atoms with Crippen LogP contribution in [0.4, 0.5) is 0 Å². The van der Waals surface area contributed by atoms with Crippen LogP contribution >= 0.6 is 27.5 Å². The van der Waals surface area contributed by atoms with Crippen LogP contribution in [0.3, 0.4) is 0 Å². The van der Waals surface area contributed by atoms with Crippen molar-refractivity contribution in [3.8, 4) is 11.3 Å². The van der Waals surface area contributed by atoms with Gasteiger partial charge >= 0.3 is 5.63 Å². The fraction of sp³-hybridized carbons (Fsp3) is 0.105. The van der Waals surface area contributed by atoms with Gasteiger partial charge in [-0.15, -0.1) is 0 Å². The van der Waals surface area contributed by atoms with Gasteiger partial charge < -0.3 is 8.83 Å². The summed E-state index contributed by atoms with van der Waals surface area (Å²) in [6.45, 7) is 3.85. The summed E-state index contributed by atoms with van der Waals surface area (Å²) in [7, 11) is 0. The predicted octanol–water partition coefficient (Wildman–Crippen LogP) is 6.24. The molecule has 2 aromatic carbocycles. The second-order valence-electron chi connectivity index (χ2n) is 5.77. The van der Waals surface area contributed by atoms with Crippen LogP contribution < -0.4 is 5.63 Å². The Balaban J connectivity index is 2.11. The molecule has 2 aromatic heterocycles. The van der Waals surface area contributed by atoms with Gasteiger partial charge in [0.15, 0.2) is 0 Å². The molecule has 5 heteroatoms. The van der Waals surface area contributed by atoms with Crippen LogP contribution in [-0.2, 0) is 0 Å². The molecule has 0 bridgehead atoms. The van der Waals surface area contributed by atoms with Gasteiger partial charge in [0.05, 0.1) is 0 Å². The van der Waals surface area contributed by atoms with Crippen molar-refractivity contribution in [2.75, 3.05) is 0 Å². The summed E-state index contributed by atoms with van der Waals surface area (Å²) in [5.74, 6) is 0.654. The Labute approximate surface area is 151 Å². The number of hydrogen-bond acceptors (Lipinski definition) is 3. The average molecular weight is 404 g/mol. The number of aryl methyl sites for hydroxylation is 2. The minimum absolute atomic E-state index is 0.416. The number of benzene rings is 2. The SMILES string of the molecule is Cc1cc2oc(=O)cc(-c3oc4ccc(Br)cc4c3C)c2cc1Cl. The van der Waals surface area contributed by atoms with Crippen molar-refractivity contribution in [1.29, 1.82) is 0 Å². The molecular weight excluding hydrogens is 392 g/mol. The van der Waals surface area contributed by atoms with Gasteiger partial charge in [0.2, 0.25) is 0 Å². The van der Waals surface area contributed by atoms with Crippen molar-refractivity contribution in [2.45, 2.75) is 13.8 Å². The monoisotopic (exact) mass is 402 g/mol. The number of fused-ring (bicyclic) bond motifs is 2. The van der Waals surface area contributed by atoms with Crippen LogP contribution in [0.1, 0.15) is 11.1 Å². The van der Waals surface area contributed by atoms with Gasteiger partial charge in [0, 0.05) is 37.5 Å². The number of furan rings is 1. The first kappa shape index (κ1) is 15.5. The fourth-order valence-electron chi connectivity index (χ4n) is 2.92. The van der Waals surface area contributed by atoms with E-state index in [1.165, 1.54) is 6.07 Å². The van der Waals surface area contributed by atoms with Gasteiger partial charge in [-0.2, -0.15) is 0 Å². The van der Waals surface area contributed by atoms with Crippen molar-refractivity contribution in [2.24, 2.45) is 0 Å². The van der Waals surface area contributed by atoms with Gasteiger partial charge in [-0.1, -0.05) is 27.5 Å². The van der Waals surface area contributed by atoms with Crippen LogP contribution in [0, 0.1) is 13.8 Å². The molecule has 0 atom stereocenters. The van der Waals surface area contributed by atoms with Crippen LogP contribution in [0.2, 0.25) is 5.02 Å². The molecular formula is C19H12BrClO3. The molecule has 0 fully saturated rings. The van der Waals surface area contributed by atoms with Gasteiger partial charge in [-0.05, 0) is 49.7 Å². The molecule has 24 heavy (non-hydrogen) atoms. The second kappa shape index (κ2) is 5.50. The van der Waals surface area contributed by atoms with Gasteiger partial charge in [-0.3, -0.25) is 0 Å². The summed E-state index contributed by atoms with van der Waals surface area (Å²) in [4.78, 5) is 12.0. The summed E-state index contributed by atoms with van der Waals surface area (Å²) in [6.07, 6.45) is 0. The summed E-state index contributed by atoms with van der Waals surface area (Å²) >= 11 is 9.75. The molecule has 4 rings (SSSR count). The van der Waals surface area contributed by atoms with E-state index in [9.17, 15) is 4.79 Å². The predicted molar refractivity (Wildman–Crippen MR) is 99.9 cm³/mol. The molecule has 0 saturated heterocycles. The lowest BCUT2D eigenvalue weighted by molar-refractivity contribution is 0.559. The van der Waals surface area contributed by atoms with E-state index in [4.69, 9.17) is 20.4 Å². The van der Waals surface area contributed by atoms with Gasteiger partial charge in [0.1, 0.15) is 16.9 Å². The molecule has 0 N–H and O–H groups in total. The van der Waals surface area contributed by atoms with Crippen molar-refractivity contribution in [3.05, 3.63) is 67.4 Å². The maximum atomic E-state index is 12.0. The van der Waals surface area contributed by atoms with Crippen LogP contribution in [-0.4, -0.2) is 0 Å². The summed E-state index contributed by atoms with van der Waals surface area (Å²) in [6, 6.07) is 10.9. The minimum atomic E-state index is -0.416. The summed E-state index contributed by atoms with van der Waals surface area (Å²) < 4.78 is 12.3. The van der Waals surface area contributed by atoms with Crippen molar-refractivity contribution < 1.29 is 8.83 Å². The molecule has 0 aliphatic carbocycles. The highest BCUT2D eigenvalue weighted by Gasteiger charge is 2.17. The lowest BCUT2D eigenvalue weighted by Gasteiger charge is -2.06. The van der Waals surface area contributed by atoms with E-state index in [0.29, 0.717) is 21.9 Å². The Morgan fingerprint density at radius 2 is 1.75 bits per heavy atom. The van der Waals surface area contributed by atoms with Crippen LogP contribution in [0.25, 0.3) is 33.3 Å². The lowest BCUT2D eigenvalue weighted by atomic mass is 10.0. The van der Waals surface area contributed by atoms with Crippen molar-refractivity contribution in [1.82, 2.24) is 0 Å². The molecule has 4 aromatic rings. The first-order valence-corrected chi connectivity index (χ1v) is 8.54. The molecule has 0 saturated carbocycles. The smallest absolute Gasteiger partial charge is 0.336 e. The zero-order valence-corrected chi connectivity index (χ0v) is 15.3. The Bertz CT molecular complexity index is 1170. The average Bonchev–Trinajstić information content (AvgIpc) is 2.85. The maximum Gasteiger partial charge on any atom is 0.336 e. The van der Waals surface area contributed by atoms with E-state index in [-0.39, 0.29) is 0 Å². The fourth-order valence-corrected chi connectivity index (χ4v) is 3.45. The highest BCUT2D eigenvalue weighted by atomic mass is 79.9. The third-order valence-electron chi connectivity index (χ3n) is 4.17. The lowest BCUT2D eigenvalue weighted by Crippen LogP contribution is -1.98. The Hall–Kier alpha value is -2.04.